The first-order valence-corrected chi connectivity index (χ1v) is 8.17. The molecule has 3 N–H and O–H groups in total. The Morgan fingerprint density at radius 1 is 1.04 bits per heavy atom. The minimum Gasteiger partial charge on any atom is -0.482 e. The smallest absolute Gasteiger partial charge is 0.341 e. The van der Waals surface area contributed by atoms with Crippen LogP contribution in [0.15, 0.2) is 24.3 Å². The number of carboxylic acid groups (broad SMARTS) is 1. The first-order chi connectivity index (χ1) is 11.7. The normalized spacial score (nSPS) is 10.8. The Morgan fingerprint density at radius 2 is 1.68 bits per heavy atom. The molecule has 1 aromatic carbocycles. The van der Waals surface area contributed by atoms with Crippen LogP contribution in [0.1, 0.15) is 32.8 Å². The molecule has 0 bridgehead atoms. The maximum atomic E-state index is 11.7. The summed E-state index contributed by atoms with van der Waals surface area (Å²) in [5, 5.41) is 14.1. The van der Waals surface area contributed by atoms with E-state index in [0.717, 1.165) is 5.56 Å². The Bertz CT molecular complexity index is 590. The van der Waals surface area contributed by atoms with E-state index in [1.165, 1.54) is 0 Å². The summed E-state index contributed by atoms with van der Waals surface area (Å²) in [5.41, 5.74) is 0.542. The monoisotopic (exact) mass is 350 g/mol. The van der Waals surface area contributed by atoms with Gasteiger partial charge in [0.2, 0.25) is 11.8 Å². The fraction of sp³-hybridized carbons (Fsp3) is 0.500. The third-order valence-corrected chi connectivity index (χ3v) is 3.34. The standard InChI is InChI=1S/C18H26N2O5/c1-18(2,3)17(24)20-11-9-15(21)19-10-8-13-4-6-14(7-5-13)25-12-16(22)23/h4-7H,8-12H2,1-3H3,(H,19,21)(H,20,24)(H,22,23). The van der Waals surface area contributed by atoms with Crippen molar-refractivity contribution in [2.24, 2.45) is 5.41 Å². The fourth-order valence-corrected chi connectivity index (χ4v) is 1.89. The van der Waals surface area contributed by atoms with E-state index >= 15 is 0 Å². The molecule has 138 valence electrons. The van der Waals surface area contributed by atoms with Crippen LogP contribution >= 0.6 is 0 Å². The zero-order valence-electron chi connectivity index (χ0n) is 14.9. The van der Waals surface area contributed by atoms with Crippen molar-refractivity contribution in [3.05, 3.63) is 29.8 Å². The van der Waals surface area contributed by atoms with E-state index in [0.29, 0.717) is 25.3 Å². The third-order valence-electron chi connectivity index (χ3n) is 3.34. The van der Waals surface area contributed by atoms with Crippen LogP contribution < -0.4 is 15.4 Å². The van der Waals surface area contributed by atoms with Gasteiger partial charge in [0.05, 0.1) is 0 Å². The van der Waals surface area contributed by atoms with Gasteiger partial charge in [-0.25, -0.2) is 4.79 Å². The molecule has 0 atom stereocenters. The van der Waals surface area contributed by atoms with Crippen molar-refractivity contribution in [1.29, 1.82) is 0 Å². The molecule has 0 saturated carbocycles. The van der Waals surface area contributed by atoms with Crippen LogP contribution in [0.3, 0.4) is 0 Å². The third kappa shape index (κ3) is 8.74. The van der Waals surface area contributed by atoms with Crippen LogP contribution in [0.25, 0.3) is 0 Å². The highest BCUT2D eigenvalue weighted by Gasteiger charge is 2.20. The highest BCUT2D eigenvalue weighted by atomic mass is 16.5. The average Bonchev–Trinajstić information content (AvgIpc) is 2.53. The number of carbonyl (C=O) groups excluding carboxylic acids is 2. The fourth-order valence-electron chi connectivity index (χ4n) is 1.89. The van der Waals surface area contributed by atoms with Gasteiger partial charge >= 0.3 is 5.97 Å². The first-order valence-electron chi connectivity index (χ1n) is 8.17. The van der Waals surface area contributed by atoms with Crippen LogP contribution in [0.2, 0.25) is 0 Å². The summed E-state index contributed by atoms with van der Waals surface area (Å²) >= 11 is 0. The SMILES string of the molecule is CC(C)(C)C(=O)NCCC(=O)NCCc1ccc(OCC(=O)O)cc1. The van der Waals surface area contributed by atoms with Crippen LogP contribution in [-0.4, -0.2) is 42.6 Å². The van der Waals surface area contributed by atoms with Crippen molar-refractivity contribution in [3.8, 4) is 5.75 Å². The minimum absolute atomic E-state index is 0.0782. The molecule has 0 aliphatic carbocycles. The number of ether oxygens (including phenoxy) is 1. The molecule has 7 heteroatoms. The zero-order chi connectivity index (χ0) is 18.9. The zero-order valence-corrected chi connectivity index (χ0v) is 14.9. The van der Waals surface area contributed by atoms with E-state index in [9.17, 15) is 14.4 Å². The minimum atomic E-state index is -1.02. The Hall–Kier alpha value is -2.57. The summed E-state index contributed by atoms with van der Waals surface area (Å²) in [6.45, 7) is 5.89. The van der Waals surface area contributed by atoms with Crippen molar-refractivity contribution in [2.45, 2.75) is 33.6 Å². The number of carbonyl (C=O) groups is 3. The van der Waals surface area contributed by atoms with Gasteiger partial charge < -0.3 is 20.5 Å². The summed E-state index contributed by atoms with van der Waals surface area (Å²) < 4.78 is 5.05. The Morgan fingerprint density at radius 3 is 2.24 bits per heavy atom. The maximum absolute atomic E-state index is 11.7. The van der Waals surface area contributed by atoms with Gasteiger partial charge in [0.25, 0.3) is 0 Å². The molecule has 0 unspecified atom stereocenters. The van der Waals surface area contributed by atoms with Crippen molar-refractivity contribution < 1.29 is 24.2 Å². The lowest BCUT2D eigenvalue weighted by Gasteiger charge is -2.17. The summed E-state index contributed by atoms with van der Waals surface area (Å²) in [7, 11) is 0. The number of rotatable bonds is 9. The summed E-state index contributed by atoms with van der Waals surface area (Å²) in [5.74, 6) is -0.726. The lowest BCUT2D eigenvalue weighted by atomic mass is 9.96. The molecular formula is C18H26N2O5. The Kier molecular flexibility index (Phi) is 7.91. The van der Waals surface area contributed by atoms with Crippen molar-refractivity contribution >= 4 is 17.8 Å². The molecule has 25 heavy (non-hydrogen) atoms. The molecule has 0 aromatic heterocycles. The van der Waals surface area contributed by atoms with E-state index in [4.69, 9.17) is 9.84 Å². The Labute approximate surface area is 147 Å². The molecule has 2 amide bonds. The van der Waals surface area contributed by atoms with E-state index in [1.807, 2.05) is 32.9 Å². The van der Waals surface area contributed by atoms with Gasteiger partial charge in [-0.2, -0.15) is 0 Å². The lowest BCUT2D eigenvalue weighted by molar-refractivity contribution is -0.139. The van der Waals surface area contributed by atoms with Gasteiger partial charge in [-0.1, -0.05) is 32.9 Å². The molecule has 0 saturated heterocycles. The van der Waals surface area contributed by atoms with Crippen LogP contribution in [0.5, 0.6) is 5.75 Å². The number of aliphatic carboxylic acids is 1. The van der Waals surface area contributed by atoms with E-state index in [1.54, 1.807) is 12.1 Å². The maximum Gasteiger partial charge on any atom is 0.341 e. The number of benzene rings is 1. The molecule has 0 heterocycles. The van der Waals surface area contributed by atoms with Crippen LogP contribution in [-0.2, 0) is 20.8 Å². The molecule has 0 radical (unpaired) electrons. The second-order valence-electron chi connectivity index (χ2n) is 6.68. The topological polar surface area (TPSA) is 105 Å². The van der Waals surface area contributed by atoms with Crippen LogP contribution in [0, 0.1) is 5.41 Å². The molecule has 7 nitrogen and oxygen atoms in total. The molecule has 0 aliphatic heterocycles. The molecule has 0 spiro atoms. The Balaban J connectivity index is 2.22. The molecule has 1 rings (SSSR count). The van der Waals surface area contributed by atoms with Gasteiger partial charge in [-0.15, -0.1) is 0 Å². The second-order valence-corrected chi connectivity index (χ2v) is 6.68. The number of amides is 2. The van der Waals surface area contributed by atoms with E-state index in [-0.39, 0.29) is 24.8 Å². The van der Waals surface area contributed by atoms with Gasteiger partial charge in [0, 0.05) is 24.9 Å². The lowest BCUT2D eigenvalue weighted by Crippen LogP contribution is -2.37. The van der Waals surface area contributed by atoms with E-state index in [2.05, 4.69) is 10.6 Å². The van der Waals surface area contributed by atoms with E-state index < -0.39 is 11.4 Å². The average molecular weight is 350 g/mol. The number of hydrogen-bond acceptors (Lipinski definition) is 4. The number of nitrogens with one attached hydrogen (secondary N) is 2. The molecule has 0 aliphatic rings. The molecule has 0 fully saturated rings. The van der Waals surface area contributed by atoms with Crippen molar-refractivity contribution in [2.75, 3.05) is 19.7 Å². The van der Waals surface area contributed by atoms with Gasteiger partial charge in [-0.05, 0) is 24.1 Å². The summed E-state index contributed by atoms with van der Waals surface area (Å²) in [6.07, 6.45) is 0.892. The van der Waals surface area contributed by atoms with Gasteiger partial charge in [0.15, 0.2) is 6.61 Å². The van der Waals surface area contributed by atoms with Crippen LogP contribution in [0.4, 0.5) is 0 Å². The number of carboxylic acids is 1. The molecular weight excluding hydrogens is 324 g/mol. The predicted octanol–water partition coefficient (Wildman–Crippen LogP) is 1.36. The van der Waals surface area contributed by atoms with Crippen molar-refractivity contribution in [1.82, 2.24) is 10.6 Å². The largest absolute Gasteiger partial charge is 0.482 e. The van der Waals surface area contributed by atoms with Crippen molar-refractivity contribution in [3.63, 3.8) is 0 Å². The highest BCUT2D eigenvalue weighted by molar-refractivity contribution is 5.82. The second kappa shape index (κ2) is 9.66. The summed E-state index contributed by atoms with van der Waals surface area (Å²) in [6, 6.07) is 7.05. The summed E-state index contributed by atoms with van der Waals surface area (Å²) in [4.78, 5) is 33.8. The molecule has 1 aromatic rings. The first kappa shape index (κ1) is 20.5. The predicted molar refractivity (Wildman–Crippen MR) is 93.4 cm³/mol. The van der Waals surface area contributed by atoms with Gasteiger partial charge in [-0.3, -0.25) is 9.59 Å². The number of hydrogen-bond donors (Lipinski definition) is 3. The quantitative estimate of drug-likeness (QED) is 0.624. The van der Waals surface area contributed by atoms with Gasteiger partial charge in [0.1, 0.15) is 5.75 Å². The highest BCUT2D eigenvalue weighted by Crippen LogP contribution is 2.13.